The summed E-state index contributed by atoms with van der Waals surface area (Å²) in [7, 11) is 0. The summed E-state index contributed by atoms with van der Waals surface area (Å²) in [4.78, 5) is 16.2. The fourth-order valence-electron chi connectivity index (χ4n) is 11.6. The summed E-state index contributed by atoms with van der Waals surface area (Å²) in [5, 5.41) is 4.61. The second-order valence-electron chi connectivity index (χ2n) is 20.4. The summed E-state index contributed by atoms with van der Waals surface area (Å²) in [5.41, 5.74) is 20.3. The van der Waals surface area contributed by atoms with Gasteiger partial charge in [-0.1, -0.05) is 224 Å². The number of aromatic nitrogens is 5. The van der Waals surface area contributed by atoms with Crippen LogP contribution >= 0.6 is 0 Å². The molecule has 0 spiro atoms. The van der Waals surface area contributed by atoms with Crippen molar-refractivity contribution in [1.29, 1.82) is 0 Å². The van der Waals surface area contributed by atoms with Crippen molar-refractivity contribution >= 4 is 43.6 Å². The fourth-order valence-corrected chi connectivity index (χ4v) is 11.6. The van der Waals surface area contributed by atoms with Gasteiger partial charge in [0.05, 0.1) is 33.5 Å². The average Bonchev–Trinajstić information content (AvgIpc) is 4.07. The highest BCUT2D eigenvalue weighted by Crippen LogP contribution is 2.42. The standard InChI is InChI=1S/C75H49N5/c1-7-20-50(21-8-1)57-34-38-69-63(43-57)64-44-58(51-22-9-2-10-23-51)35-39-70(64)79(69)73-47-62(56-32-19-33-61(42-56)68-49-67(54-28-15-5-16-29-54)76-75(77-68)55-30-17-6-18-31-55)48-74(78-73)80-71-40-36-59(52-24-11-3-12-25-52)45-65(71)66-46-60(37-41-72(66)80)53-26-13-4-14-27-53/h1-49H. The van der Waals surface area contributed by atoms with Gasteiger partial charge in [-0.05, 0) is 128 Å². The minimum Gasteiger partial charge on any atom is -0.294 e. The number of pyridine rings is 1. The summed E-state index contributed by atoms with van der Waals surface area (Å²) in [5.74, 6) is 2.29. The molecule has 11 aromatic carbocycles. The quantitative estimate of drug-likeness (QED) is 0.137. The Morgan fingerprint density at radius 1 is 0.188 bits per heavy atom. The maximum atomic E-state index is 5.84. The van der Waals surface area contributed by atoms with Crippen LogP contribution in [0.15, 0.2) is 297 Å². The van der Waals surface area contributed by atoms with Crippen LogP contribution in [0.4, 0.5) is 0 Å². The lowest BCUT2D eigenvalue weighted by Gasteiger charge is -2.16. The van der Waals surface area contributed by atoms with Crippen molar-refractivity contribution < 1.29 is 0 Å². The van der Waals surface area contributed by atoms with E-state index < -0.39 is 0 Å². The third-order valence-electron chi connectivity index (χ3n) is 15.5. The Morgan fingerprint density at radius 2 is 0.487 bits per heavy atom. The monoisotopic (exact) mass is 1020 g/mol. The molecule has 0 fully saturated rings. The Hall–Kier alpha value is -10.8. The molecule has 0 aliphatic heterocycles. The first-order valence-corrected chi connectivity index (χ1v) is 27.2. The van der Waals surface area contributed by atoms with E-state index >= 15 is 0 Å². The highest BCUT2D eigenvalue weighted by Gasteiger charge is 2.22. The number of rotatable bonds is 10. The van der Waals surface area contributed by atoms with Crippen LogP contribution in [0.5, 0.6) is 0 Å². The van der Waals surface area contributed by atoms with Crippen molar-refractivity contribution in [3.05, 3.63) is 297 Å². The van der Waals surface area contributed by atoms with E-state index in [1.807, 2.05) is 24.3 Å². The Morgan fingerprint density at radius 3 is 0.863 bits per heavy atom. The lowest BCUT2D eigenvalue weighted by Crippen LogP contribution is -2.04. The van der Waals surface area contributed by atoms with Crippen molar-refractivity contribution in [2.24, 2.45) is 0 Å². The predicted molar refractivity (Wildman–Crippen MR) is 332 cm³/mol. The van der Waals surface area contributed by atoms with E-state index in [0.717, 1.165) is 117 Å². The van der Waals surface area contributed by atoms with Gasteiger partial charge in [0.1, 0.15) is 11.6 Å². The Bertz CT molecular complexity index is 4310. The first-order chi connectivity index (χ1) is 39.6. The molecule has 5 heteroatoms. The van der Waals surface area contributed by atoms with E-state index in [0.29, 0.717) is 5.82 Å². The third kappa shape index (κ3) is 8.42. The van der Waals surface area contributed by atoms with E-state index in [1.54, 1.807) is 0 Å². The molecule has 0 radical (unpaired) electrons. The molecule has 0 unspecified atom stereocenters. The van der Waals surface area contributed by atoms with Crippen LogP contribution in [0.2, 0.25) is 0 Å². The molecular formula is C75H49N5. The molecule has 0 aliphatic rings. The minimum atomic E-state index is 0.676. The second-order valence-corrected chi connectivity index (χ2v) is 20.4. The van der Waals surface area contributed by atoms with Gasteiger partial charge in [-0.2, -0.15) is 0 Å². The normalized spacial score (nSPS) is 11.5. The van der Waals surface area contributed by atoms with Gasteiger partial charge in [0.25, 0.3) is 0 Å². The summed E-state index contributed by atoms with van der Waals surface area (Å²) < 4.78 is 4.73. The number of benzene rings is 11. The smallest absolute Gasteiger partial charge is 0.160 e. The second kappa shape index (κ2) is 19.7. The molecule has 0 saturated carbocycles. The summed E-state index contributed by atoms with van der Waals surface area (Å²) in [6, 6.07) is 106. The third-order valence-corrected chi connectivity index (χ3v) is 15.5. The molecule has 4 aromatic heterocycles. The summed E-state index contributed by atoms with van der Waals surface area (Å²) >= 11 is 0. The number of hydrogen-bond acceptors (Lipinski definition) is 3. The van der Waals surface area contributed by atoms with Gasteiger partial charge < -0.3 is 0 Å². The first kappa shape index (κ1) is 46.5. The van der Waals surface area contributed by atoms with Crippen LogP contribution in [0.3, 0.4) is 0 Å². The molecular weight excluding hydrogens is 971 g/mol. The van der Waals surface area contributed by atoms with Gasteiger partial charge in [-0.3, -0.25) is 9.13 Å². The van der Waals surface area contributed by atoms with E-state index in [-0.39, 0.29) is 0 Å². The van der Waals surface area contributed by atoms with Crippen LogP contribution in [-0.4, -0.2) is 24.1 Å². The largest absolute Gasteiger partial charge is 0.294 e. The van der Waals surface area contributed by atoms with Crippen LogP contribution < -0.4 is 0 Å². The van der Waals surface area contributed by atoms with E-state index in [2.05, 4.69) is 282 Å². The van der Waals surface area contributed by atoms with Gasteiger partial charge in [0.2, 0.25) is 0 Å². The molecule has 0 N–H and O–H groups in total. The molecule has 0 aliphatic carbocycles. The molecule has 0 saturated heterocycles. The van der Waals surface area contributed by atoms with E-state index in [1.165, 1.54) is 22.3 Å². The fraction of sp³-hybridized carbons (Fsp3) is 0. The molecule has 0 atom stereocenters. The van der Waals surface area contributed by atoms with Crippen molar-refractivity contribution in [2.75, 3.05) is 0 Å². The minimum absolute atomic E-state index is 0.676. The van der Waals surface area contributed by atoms with Crippen molar-refractivity contribution in [3.8, 4) is 101 Å². The number of hydrogen-bond donors (Lipinski definition) is 0. The lowest BCUT2D eigenvalue weighted by atomic mass is 10.0. The van der Waals surface area contributed by atoms with E-state index in [4.69, 9.17) is 15.0 Å². The molecule has 0 bridgehead atoms. The first-order valence-electron chi connectivity index (χ1n) is 27.2. The Kier molecular flexibility index (Phi) is 11.4. The van der Waals surface area contributed by atoms with Crippen molar-refractivity contribution in [3.63, 3.8) is 0 Å². The van der Waals surface area contributed by atoms with E-state index in [9.17, 15) is 0 Å². The number of fused-ring (bicyclic) bond motifs is 6. The van der Waals surface area contributed by atoms with Crippen LogP contribution in [0, 0.1) is 0 Å². The van der Waals surface area contributed by atoms with Gasteiger partial charge >= 0.3 is 0 Å². The molecule has 15 aromatic rings. The molecule has 80 heavy (non-hydrogen) atoms. The van der Waals surface area contributed by atoms with Crippen molar-refractivity contribution in [2.45, 2.75) is 0 Å². The molecule has 5 nitrogen and oxygen atoms in total. The van der Waals surface area contributed by atoms with Crippen LogP contribution in [0.25, 0.3) is 145 Å². The maximum Gasteiger partial charge on any atom is 0.160 e. The SMILES string of the molecule is c1ccc(-c2ccc3c(c2)c2cc(-c4ccccc4)ccc2n3-c2cc(-c3cccc(-c4cc(-c5ccccc5)nc(-c5ccccc5)n4)c3)cc(-n3c4ccc(-c5ccccc5)cc4c4cc(-c5ccccc5)ccc43)n2)cc1. The summed E-state index contributed by atoms with van der Waals surface area (Å²) in [6.45, 7) is 0. The van der Waals surface area contributed by atoms with Crippen LogP contribution in [-0.2, 0) is 0 Å². The zero-order valence-corrected chi connectivity index (χ0v) is 43.5. The molecule has 4 heterocycles. The highest BCUT2D eigenvalue weighted by atomic mass is 15.1. The van der Waals surface area contributed by atoms with Gasteiger partial charge in [0, 0.05) is 38.2 Å². The van der Waals surface area contributed by atoms with Gasteiger partial charge in [0.15, 0.2) is 5.82 Å². The van der Waals surface area contributed by atoms with Gasteiger partial charge in [-0.25, -0.2) is 15.0 Å². The lowest BCUT2D eigenvalue weighted by molar-refractivity contribution is 1.01. The Balaban J connectivity index is 0.992. The molecule has 15 rings (SSSR count). The molecule has 374 valence electrons. The van der Waals surface area contributed by atoms with Gasteiger partial charge in [-0.15, -0.1) is 0 Å². The predicted octanol–water partition coefficient (Wildman–Crippen LogP) is 19.4. The zero-order chi connectivity index (χ0) is 52.9. The number of nitrogens with zero attached hydrogens (tertiary/aromatic N) is 5. The topological polar surface area (TPSA) is 48.5 Å². The molecule has 0 amide bonds. The van der Waals surface area contributed by atoms with Crippen molar-refractivity contribution in [1.82, 2.24) is 24.1 Å². The highest BCUT2D eigenvalue weighted by molar-refractivity contribution is 6.13. The zero-order valence-electron chi connectivity index (χ0n) is 43.5. The summed E-state index contributed by atoms with van der Waals surface area (Å²) in [6.07, 6.45) is 0. The Labute approximate surface area is 463 Å². The maximum absolute atomic E-state index is 5.84. The average molecular weight is 1020 g/mol. The van der Waals surface area contributed by atoms with Crippen LogP contribution in [0.1, 0.15) is 0 Å².